The first-order valence-corrected chi connectivity index (χ1v) is 14.6. The highest BCUT2D eigenvalue weighted by Crippen LogP contribution is 2.23. The standard InChI is InChI=1S/C30H43N9O4/c1-21(2)32-15-25(40)19-42-29-11-7-5-9-27(29)38-17-23(34-36-38)13-31-14-24-18-39(37-35-24)28-10-6-8-12-30(28)43-20-26(41)16-33-22(3)4/h5-12,17-18,21-22,25-26,31-33,40-41H,13-16,19-20H2,1-4H3/t25-,26-/m0/s1. The van der Waals surface area contributed by atoms with E-state index in [1.54, 1.807) is 9.36 Å². The van der Waals surface area contributed by atoms with Crippen LogP contribution in [0.1, 0.15) is 39.1 Å². The summed E-state index contributed by atoms with van der Waals surface area (Å²) >= 11 is 0. The molecule has 13 heteroatoms. The quantitative estimate of drug-likeness (QED) is 0.114. The molecule has 0 aliphatic heterocycles. The Morgan fingerprint density at radius 3 is 1.51 bits per heavy atom. The summed E-state index contributed by atoms with van der Waals surface area (Å²) in [6, 6.07) is 15.6. The Kier molecular flexibility index (Phi) is 12.0. The van der Waals surface area contributed by atoms with Crippen LogP contribution in [0, 0.1) is 0 Å². The molecule has 0 spiro atoms. The molecule has 0 aliphatic rings. The van der Waals surface area contributed by atoms with Crippen LogP contribution in [0.15, 0.2) is 60.9 Å². The minimum absolute atomic E-state index is 0.162. The molecule has 2 atom stereocenters. The topological polar surface area (TPSA) is 156 Å². The Morgan fingerprint density at radius 2 is 1.09 bits per heavy atom. The zero-order valence-corrected chi connectivity index (χ0v) is 25.2. The molecule has 0 radical (unpaired) electrons. The van der Waals surface area contributed by atoms with Gasteiger partial charge >= 0.3 is 0 Å². The minimum atomic E-state index is -0.630. The van der Waals surface area contributed by atoms with Gasteiger partial charge in [0.1, 0.15) is 48.3 Å². The van der Waals surface area contributed by atoms with Crippen molar-refractivity contribution in [2.24, 2.45) is 0 Å². The number of aliphatic hydroxyl groups is 2. The van der Waals surface area contributed by atoms with Gasteiger partial charge in [-0.05, 0) is 24.3 Å². The highest BCUT2D eigenvalue weighted by atomic mass is 16.5. The number of nitrogens with zero attached hydrogens (tertiary/aromatic N) is 6. The van der Waals surface area contributed by atoms with Crippen molar-refractivity contribution in [1.29, 1.82) is 0 Å². The van der Waals surface area contributed by atoms with Crippen molar-refractivity contribution in [2.45, 2.75) is 65.1 Å². The Bertz CT molecular complexity index is 1290. The summed E-state index contributed by atoms with van der Waals surface area (Å²) in [6.45, 7) is 10.3. The smallest absolute Gasteiger partial charge is 0.145 e. The Hall–Kier alpha value is -3.88. The third kappa shape index (κ3) is 10.1. The van der Waals surface area contributed by atoms with Gasteiger partial charge in [0, 0.05) is 38.3 Å². The lowest BCUT2D eigenvalue weighted by Crippen LogP contribution is -2.35. The van der Waals surface area contributed by atoms with E-state index >= 15 is 0 Å². The molecule has 0 aliphatic carbocycles. The van der Waals surface area contributed by atoms with Crippen LogP contribution in [0.2, 0.25) is 0 Å². The van der Waals surface area contributed by atoms with Gasteiger partial charge in [0.25, 0.3) is 0 Å². The second-order valence-electron chi connectivity index (χ2n) is 10.9. The molecule has 4 aromatic rings. The second-order valence-corrected chi connectivity index (χ2v) is 10.9. The molecular weight excluding hydrogens is 550 g/mol. The van der Waals surface area contributed by atoms with E-state index in [2.05, 4.69) is 36.6 Å². The van der Waals surface area contributed by atoms with Gasteiger partial charge in [-0.3, -0.25) is 0 Å². The van der Waals surface area contributed by atoms with E-state index in [1.165, 1.54) is 0 Å². The fourth-order valence-corrected chi connectivity index (χ4v) is 4.08. The molecule has 0 saturated carbocycles. The van der Waals surface area contributed by atoms with Gasteiger partial charge in [-0.25, -0.2) is 9.36 Å². The van der Waals surface area contributed by atoms with Crippen molar-refractivity contribution in [1.82, 2.24) is 45.9 Å². The van der Waals surface area contributed by atoms with Crippen molar-refractivity contribution in [3.8, 4) is 22.9 Å². The van der Waals surface area contributed by atoms with Crippen LogP contribution < -0.4 is 25.4 Å². The second kappa shape index (κ2) is 16.1. The van der Waals surface area contributed by atoms with E-state index in [0.717, 1.165) is 22.8 Å². The molecule has 0 unspecified atom stereocenters. The normalized spacial score (nSPS) is 13.0. The summed E-state index contributed by atoms with van der Waals surface area (Å²) in [4.78, 5) is 0. The van der Waals surface area contributed by atoms with E-state index in [4.69, 9.17) is 9.47 Å². The predicted octanol–water partition coefficient (Wildman–Crippen LogP) is 1.61. The number of aliphatic hydroxyl groups excluding tert-OH is 2. The molecular formula is C30H43N9O4. The summed E-state index contributed by atoms with van der Waals surface area (Å²) in [6.07, 6.45) is 2.41. The van der Waals surface area contributed by atoms with Gasteiger partial charge in [0.2, 0.25) is 0 Å². The summed E-state index contributed by atoms with van der Waals surface area (Å²) < 4.78 is 15.1. The number of nitrogens with one attached hydrogen (secondary N) is 3. The number of hydrogen-bond acceptors (Lipinski definition) is 11. The van der Waals surface area contributed by atoms with E-state index in [0.29, 0.717) is 37.7 Å². The molecule has 0 fully saturated rings. The molecule has 2 heterocycles. The molecule has 4 rings (SSSR count). The Balaban J connectivity index is 1.29. The highest BCUT2D eigenvalue weighted by molar-refractivity contribution is 5.46. The van der Waals surface area contributed by atoms with Gasteiger partial charge in [-0.15, -0.1) is 10.2 Å². The first kappa shape index (κ1) is 32.0. The number of hydrogen-bond donors (Lipinski definition) is 5. The van der Waals surface area contributed by atoms with Crippen LogP contribution in [0.5, 0.6) is 11.5 Å². The zero-order valence-electron chi connectivity index (χ0n) is 25.2. The average Bonchev–Trinajstić information content (AvgIpc) is 3.67. The Morgan fingerprint density at radius 1 is 0.674 bits per heavy atom. The SMILES string of the molecule is CC(C)NC[C@H](O)COc1ccccc1-n1cc(CNCc2cn(-c3ccccc3OC[C@@H](O)CNC(C)C)nn2)nn1. The number of rotatable bonds is 18. The maximum Gasteiger partial charge on any atom is 0.145 e. The fraction of sp³-hybridized carbons (Fsp3) is 0.467. The van der Waals surface area contributed by atoms with E-state index in [1.807, 2.05) is 88.6 Å². The van der Waals surface area contributed by atoms with Crippen LogP contribution in [-0.2, 0) is 13.1 Å². The molecule has 232 valence electrons. The van der Waals surface area contributed by atoms with Crippen LogP contribution >= 0.6 is 0 Å². The van der Waals surface area contributed by atoms with Gasteiger partial charge in [-0.1, -0.05) is 62.4 Å². The summed E-state index contributed by atoms with van der Waals surface area (Å²) in [5, 5.41) is 47.3. The predicted molar refractivity (Wildman–Crippen MR) is 163 cm³/mol. The minimum Gasteiger partial charge on any atom is -0.489 e. The zero-order chi connectivity index (χ0) is 30.6. The molecule has 5 N–H and O–H groups in total. The lowest BCUT2D eigenvalue weighted by molar-refractivity contribution is 0.104. The van der Waals surface area contributed by atoms with E-state index < -0.39 is 12.2 Å². The summed E-state index contributed by atoms with van der Waals surface area (Å²) in [5.41, 5.74) is 2.95. The third-order valence-electron chi connectivity index (χ3n) is 6.30. The van der Waals surface area contributed by atoms with E-state index in [-0.39, 0.29) is 25.3 Å². The van der Waals surface area contributed by atoms with Crippen molar-refractivity contribution < 1.29 is 19.7 Å². The van der Waals surface area contributed by atoms with Crippen molar-refractivity contribution in [3.05, 3.63) is 72.3 Å². The molecule has 2 aromatic carbocycles. The summed E-state index contributed by atoms with van der Waals surface area (Å²) in [5.74, 6) is 1.22. The fourth-order valence-electron chi connectivity index (χ4n) is 4.08. The molecule has 13 nitrogen and oxygen atoms in total. The van der Waals surface area contributed by atoms with E-state index in [9.17, 15) is 10.2 Å². The molecule has 43 heavy (non-hydrogen) atoms. The first-order valence-electron chi connectivity index (χ1n) is 14.6. The largest absolute Gasteiger partial charge is 0.489 e. The monoisotopic (exact) mass is 593 g/mol. The lowest BCUT2D eigenvalue weighted by Gasteiger charge is -2.16. The Labute approximate surface area is 252 Å². The molecule has 2 aromatic heterocycles. The number of ether oxygens (including phenoxy) is 2. The third-order valence-corrected chi connectivity index (χ3v) is 6.30. The first-order chi connectivity index (χ1) is 20.8. The molecule has 0 bridgehead atoms. The maximum absolute atomic E-state index is 10.2. The van der Waals surface area contributed by atoms with Gasteiger partial charge in [0.15, 0.2) is 0 Å². The van der Waals surface area contributed by atoms with Gasteiger partial charge in [0.05, 0.1) is 23.8 Å². The van der Waals surface area contributed by atoms with Crippen molar-refractivity contribution in [3.63, 3.8) is 0 Å². The summed E-state index contributed by atoms with van der Waals surface area (Å²) in [7, 11) is 0. The van der Waals surface area contributed by atoms with Gasteiger partial charge in [-0.2, -0.15) is 0 Å². The average molecular weight is 594 g/mol. The van der Waals surface area contributed by atoms with Crippen molar-refractivity contribution >= 4 is 0 Å². The number of para-hydroxylation sites is 4. The maximum atomic E-state index is 10.2. The molecule has 0 amide bonds. The number of aromatic nitrogens is 6. The lowest BCUT2D eigenvalue weighted by atomic mass is 10.3. The van der Waals surface area contributed by atoms with Crippen molar-refractivity contribution in [2.75, 3.05) is 26.3 Å². The van der Waals surface area contributed by atoms with Crippen LogP contribution in [0.25, 0.3) is 11.4 Å². The van der Waals surface area contributed by atoms with Gasteiger partial charge < -0.3 is 35.6 Å². The highest BCUT2D eigenvalue weighted by Gasteiger charge is 2.13. The molecule has 0 saturated heterocycles. The van der Waals surface area contributed by atoms with Crippen LogP contribution in [0.4, 0.5) is 0 Å². The number of benzene rings is 2. The van der Waals surface area contributed by atoms with Crippen LogP contribution in [-0.4, -0.2) is 90.8 Å². The van der Waals surface area contributed by atoms with Crippen LogP contribution in [0.3, 0.4) is 0 Å².